The first-order valence-electron chi connectivity index (χ1n) is 46.2. The van der Waals surface area contributed by atoms with Crippen molar-refractivity contribution in [3.8, 4) is 62.3 Å². The number of halogens is 1. The Morgan fingerprint density at radius 2 is 0.679 bits per heavy atom. The number of ether oxygens (including phenoxy) is 2. The molecular weight excluding hydrogens is 1790 g/mol. The van der Waals surface area contributed by atoms with E-state index < -0.39 is 5.82 Å². The molecule has 0 unspecified atom stereocenters. The van der Waals surface area contributed by atoms with Gasteiger partial charge in [0.25, 0.3) is 0 Å². The number of aryl methyl sites for hydroxylation is 2. The van der Waals surface area contributed by atoms with Crippen LogP contribution in [-0.2, 0) is 35.7 Å². The highest BCUT2D eigenvalue weighted by atomic mass is 32.1. The fraction of sp³-hybridized carbons (Fsp3) is 0.214. The van der Waals surface area contributed by atoms with Crippen LogP contribution < -0.4 is 48.3 Å². The van der Waals surface area contributed by atoms with E-state index in [1.54, 1.807) is 41.1 Å². The number of phenolic OH excluding ortho intramolecular Hbond substituents is 3. The Morgan fingerprint density at radius 1 is 0.329 bits per heavy atom. The molecule has 0 bridgehead atoms. The van der Waals surface area contributed by atoms with E-state index in [0.29, 0.717) is 137 Å². The van der Waals surface area contributed by atoms with Crippen molar-refractivity contribution in [3.05, 3.63) is 259 Å². The molecule has 25 rings (SSSR count). The Morgan fingerprint density at radius 3 is 1.08 bits per heavy atom. The van der Waals surface area contributed by atoms with Gasteiger partial charge in [-0.2, -0.15) is 20.4 Å². The number of thiazole rings is 1. The number of fused-ring (bicyclic) bond motifs is 9. The minimum atomic E-state index is -0.577. The molecular formula is C103H95FN30O5S. The monoisotopic (exact) mass is 1880 g/mol. The zero-order valence-corrected chi connectivity index (χ0v) is 77.3. The van der Waals surface area contributed by atoms with E-state index in [4.69, 9.17) is 78.5 Å². The number of nitrogen functional groups attached to an aromatic ring is 5. The van der Waals surface area contributed by atoms with Gasteiger partial charge < -0.3 is 73.1 Å². The third-order valence-corrected chi connectivity index (χ3v) is 26.6. The summed E-state index contributed by atoms with van der Waals surface area (Å²) >= 11 is 1.45. The first-order chi connectivity index (χ1) is 68.4. The predicted octanol–water partition coefficient (Wildman–Crippen LogP) is 15.6. The number of nitrogens with two attached hydrogens (primary N) is 5. The van der Waals surface area contributed by atoms with Crippen LogP contribution in [0, 0.1) is 19.7 Å². The molecule has 0 atom stereocenters. The molecule has 35 nitrogen and oxygen atoms in total. The molecule has 140 heavy (non-hydrogen) atoms. The van der Waals surface area contributed by atoms with Crippen LogP contribution in [0.3, 0.4) is 0 Å². The highest BCUT2D eigenvalue weighted by Crippen LogP contribution is 2.42. The zero-order valence-electron chi connectivity index (χ0n) is 76.4. The molecule has 4 saturated heterocycles. The van der Waals surface area contributed by atoms with Crippen LogP contribution in [0.2, 0.25) is 0 Å². The van der Waals surface area contributed by atoms with E-state index in [1.165, 1.54) is 74.5 Å². The molecule has 37 heteroatoms. The van der Waals surface area contributed by atoms with Gasteiger partial charge in [0.1, 0.15) is 118 Å². The highest BCUT2D eigenvalue weighted by Gasteiger charge is 2.30. The van der Waals surface area contributed by atoms with Gasteiger partial charge in [-0.15, -0.1) is 0 Å². The second-order valence-electron chi connectivity index (χ2n) is 35.0. The van der Waals surface area contributed by atoms with Crippen LogP contribution in [0.5, 0.6) is 17.2 Å². The first kappa shape index (κ1) is 88.2. The second kappa shape index (κ2) is 37.6. The number of hydrogen-bond acceptors (Lipinski definition) is 32. The molecule has 0 amide bonds. The smallest absolute Gasteiger partial charge is 0.181 e. The predicted molar refractivity (Wildman–Crippen MR) is 545 cm³/mol. The van der Waals surface area contributed by atoms with Gasteiger partial charge in [0.15, 0.2) is 27.7 Å². The van der Waals surface area contributed by atoms with Crippen molar-refractivity contribution in [3.63, 3.8) is 0 Å². The van der Waals surface area contributed by atoms with Gasteiger partial charge in [-0.05, 0) is 136 Å². The number of anilines is 9. The number of rotatable bonds is 16. The summed E-state index contributed by atoms with van der Waals surface area (Å²) in [5.41, 5.74) is 50.0. The summed E-state index contributed by atoms with van der Waals surface area (Å²) in [5, 5.41) is 57.0. The molecule has 21 aromatic rings. The summed E-state index contributed by atoms with van der Waals surface area (Å²) in [6, 6.07) is 61.2. The van der Waals surface area contributed by atoms with E-state index in [0.717, 1.165) is 197 Å². The largest absolute Gasteiger partial charge is 0.508 e. The van der Waals surface area contributed by atoms with Crippen molar-refractivity contribution in [2.24, 2.45) is 0 Å². The van der Waals surface area contributed by atoms with E-state index in [1.807, 2.05) is 74.7 Å². The fourth-order valence-electron chi connectivity index (χ4n) is 19.2. The minimum Gasteiger partial charge on any atom is -0.508 e. The lowest BCUT2D eigenvalue weighted by Gasteiger charge is -2.30. The summed E-state index contributed by atoms with van der Waals surface area (Å²) in [7, 11) is 0. The number of nitrogens with zero attached hydrogens (tertiary/aromatic N) is 25. The topological polar surface area (TPSA) is 461 Å². The SMILES string of the molecule is Cc1cccc2cc(Cn3nc(-c4cc(O)cc(F)c4)c4c(N)ncnc43)c(N3CCOCC3)nc12.Cc1cccc2cc(Cn3nc(-c4cccc(O)c4)c4c(N)ncnc43)c(N3CCOCC3)nc12.Nc1nc2ccc(-c3nn(Cc4cc5ccccc5nc4N4CCCC4)c4ncnc(N)c34)cc2s1.Nc1ncnc2c1c(-c1cccc(O)c1)nn2Cc1cc2ccccc2nc1N1CCCC1. The summed E-state index contributed by atoms with van der Waals surface area (Å²) in [4.78, 5) is 68.7. The van der Waals surface area contributed by atoms with Crippen molar-refractivity contribution in [1.82, 2.24) is 104 Å². The summed E-state index contributed by atoms with van der Waals surface area (Å²) in [5.74, 6) is 4.70. The van der Waals surface area contributed by atoms with Crippen LogP contribution in [0.4, 0.5) is 56.1 Å². The number of hydrogen-bond donors (Lipinski definition) is 8. The molecule has 0 radical (unpaired) electrons. The van der Waals surface area contributed by atoms with Crippen LogP contribution in [0.25, 0.3) is 143 Å². The molecule has 4 aliphatic rings. The molecule has 17 heterocycles. The van der Waals surface area contributed by atoms with Crippen LogP contribution in [0.1, 0.15) is 59.1 Å². The van der Waals surface area contributed by atoms with E-state index >= 15 is 0 Å². The molecule has 0 aliphatic carbocycles. The summed E-state index contributed by atoms with van der Waals surface area (Å²) in [6.45, 7) is 15.6. The number of para-hydroxylation sites is 4. The Balaban J connectivity index is 0.000000107. The average Bonchev–Trinajstić information content (AvgIpc) is 1.62. The number of phenols is 3. The van der Waals surface area contributed by atoms with Crippen LogP contribution in [-0.4, -0.2) is 198 Å². The van der Waals surface area contributed by atoms with Gasteiger partial charge in [0, 0.05) is 124 Å². The fourth-order valence-corrected chi connectivity index (χ4v) is 19.9. The van der Waals surface area contributed by atoms with Crippen LogP contribution >= 0.6 is 11.3 Å². The van der Waals surface area contributed by atoms with Gasteiger partial charge in [0.2, 0.25) is 0 Å². The van der Waals surface area contributed by atoms with Gasteiger partial charge >= 0.3 is 0 Å². The standard InChI is InChI=1S/C26H24FN7O2.C26H23N9S.C26H25N7O2.C25H23N7O/c1-15-3-2-4-16-9-18(25(31-22(15)16)33-5-7-36-8-6-33)13-34-26-21(24(28)29-14-30-26)23(32-34)17-10-19(27)12-20(35)11-17;27-23-21-22(16-7-8-19-20(12-16)36-26(28)32-19)33-35(25(21)30-14-29-23)13-17-11-15-5-1-2-6-18(15)31-24(17)34-9-3-4-10-34;1-16-4-2-5-17-12-19(25(30-22(16)17)32-8-10-35-11-9-32)14-33-26-21(24(27)28-15-29-26)23(31-33)18-6-3-7-20(34)13-18;26-23-21-22(17-7-5-8-19(33)13-17)30-32(25(21)28-15-27-23)14-18-12-16-6-1-2-9-20(16)29-24(18)31-10-3-4-11-31/h2-4,9-12,14,35H,5-8,13H2,1H3,(H2,28,29,30);1-2,5-8,11-12,14H,3-4,9-10,13H2,(H2,28,32)(H2,27,29,30);2-7,12-13,15,34H,8-11,14H2,1H3,(H2,27,28,29);1-2,5-9,12-13,15,33H,3-4,10-11,14H2,(H2,26,27,28). The Hall–Kier alpha value is -17.1. The van der Waals surface area contributed by atoms with Crippen molar-refractivity contribution in [2.45, 2.75) is 65.7 Å². The van der Waals surface area contributed by atoms with E-state index in [-0.39, 0.29) is 23.1 Å². The number of aromatic nitrogens is 21. The van der Waals surface area contributed by atoms with Crippen molar-refractivity contribution < 1.29 is 29.2 Å². The number of aromatic hydroxyl groups is 3. The Labute approximate surface area is 803 Å². The maximum atomic E-state index is 14.1. The van der Waals surface area contributed by atoms with Crippen molar-refractivity contribution in [1.29, 1.82) is 0 Å². The maximum Gasteiger partial charge on any atom is 0.181 e. The van der Waals surface area contributed by atoms with Crippen molar-refractivity contribution in [2.75, 3.05) is 127 Å². The quantitative estimate of drug-likeness (QED) is 0.0445. The first-order valence-corrected chi connectivity index (χ1v) is 47.0. The lowest BCUT2D eigenvalue weighted by atomic mass is 10.1. The third kappa shape index (κ3) is 17.4. The molecule has 4 fully saturated rings. The van der Waals surface area contributed by atoms with E-state index in [9.17, 15) is 19.7 Å². The van der Waals surface area contributed by atoms with Gasteiger partial charge in [-0.3, -0.25) is 0 Å². The molecule has 13 aromatic heterocycles. The average molecular weight is 1880 g/mol. The zero-order chi connectivity index (χ0) is 95.3. The normalized spacial score (nSPS) is 14.0. The van der Waals surface area contributed by atoms with E-state index in [2.05, 4.69) is 157 Å². The lowest BCUT2D eigenvalue weighted by Crippen LogP contribution is -2.37. The Bertz CT molecular complexity index is 8330. The Kier molecular flexibility index (Phi) is 23.7. The lowest BCUT2D eigenvalue weighted by molar-refractivity contribution is 0.122. The highest BCUT2D eigenvalue weighted by molar-refractivity contribution is 7.22. The molecule has 700 valence electrons. The third-order valence-electron chi connectivity index (χ3n) is 25.8. The maximum absolute atomic E-state index is 14.1. The van der Waals surface area contributed by atoms with Gasteiger partial charge in [-0.1, -0.05) is 114 Å². The minimum absolute atomic E-state index is 0.157. The molecule has 0 spiro atoms. The summed E-state index contributed by atoms with van der Waals surface area (Å²) in [6.07, 6.45) is 10.5. The van der Waals surface area contributed by atoms with Crippen molar-refractivity contribution >= 4 is 161 Å². The molecule has 4 aliphatic heterocycles. The van der Waals surface area contributed by atoms with Gasteiger partial charge in [-0.25, -0.2) is 87.9 Å². The number of pyridine rings is 4. The molecule has 0 saturated carbocycles. The molecule has 8 aromatic carbocycles. The molecule has 13 N–H and O–H groups in total. The van der Waals surface area contributed by atoms with Gasteiger partial charge in [0.05, 0.1) is 106 Å². The number of morpholine rings is 2. The second-order valence-corrected chi connectivity index (χ2v) is 36.1. The van der Waals surface area contributed by atoms with Crippen LogP contribution in [0.15, 0.2) is 219 Å². The number of benzene rings is 8. The summed E-state index contributed by atoms with van der Waals surface area (Å²) < 4.78 is 33.6.